The van der Waals surface area contributed by atoms with Crippen LogP contribution in [0.2, 0.25) is 5.02 Å². The van der Waals surface area contributed by atoms with Crippen LogP contribution in [0, 0.1) is 0 Å². The molecule has 184 valence electrons. The molecule has 35 heavy (non-hydrogen) atoms. The molecule has 0 bridgehead atoms. The molecule has 9 heteroatoms. The van der Waals surface area contributed by atoms with E-state index in [0.29, 0.717) is 48.2 Å². The number of nitrogens with zero attached hydrogens (tertiary/aromatic N) is 5. The van der Waals surface area contributed by atoms with Gasteiger partial charge in [-0.05, 0) is 44.4 Å². The quantitative estimate of drug-likeness (QED) is 0.476. The summed E-state index contributed by atoms with van der Waals surface area (Å²) < 4.78 is 6.98. The molecule has 5 rings (SSSR count). The summed E-state index contributed by atoms with van der Waals surface area (Å²) in [6.07, 6.45) is 3.97. The minimum Gasteiger partial charge on any atom is -0.468 e. The average molecular weight is 496 g/mol. The number of carbonyl (C=O) groups excluding carboxylic acids is 2. The molecule has 0 radical (unpaired) electrons. The van der Waals surface area contributed by atoms with Gasteiger partial charge in [-0.25, -0.2) is 14.5 Å². The molecule has 1 unspecified atom stereocenters. The van der Waals surface area contributed by atoms with E-state index < -0.39 is 6.04 Å². The summed E-state index contributed by atoms with van der Waals surface area (Å²) in [6.45, 7) is 6.19. The summed E-state index contributed by atoms with van der Waals surface area (Å²) in [5, 5.41) is 5.84. The third-order valence-corrected chi connectivity index (χ3v) is 7.24. The number of piperazine rings is 1. The topological polar surface area (TPSA) is 80.6 Å². The highest BCUT2D eigenvalue weighted by atomic mass is 35.5. The molecule has 1 amide bonds. The largest absolute Gasteiger partial charge is 0.468 e. The number of hydrogen-bond donors (Lipinski definition) is 0. The van der Waals surface area contributed by atoms with Gasteiger partial charge in [0, 0.05) is 48.9 Å². The molecular formula is C26H30ClN5O3. The van der Waals surface area contributed by atoms with Gasteiger partial charge >= 0.3 is 5.97 Å². The van der Waals surface area contributed by atoms with Crippen molar-refractivity contribution in [2.75, 3.05) is 33.3 Å². The molecule has 2 aromatic heterocycles. The Balaban J connectivity index is 1.39. The van der Waals surface area contributed by atoms with Crippen LogP contribution in [0.4, 0.5) is 0 Å². The van der Waals surface area contributed by atoms with Crippen molar-refractivity contribution in [3.8, 4) is 0 Å². The van der Waals surface area contributed by atoms with Gasteiger partial charge < -0.3 is 9.64 Å². The Morgan fingerprint density at radius 3 is 2.46 bits per heavy atom. The van der Waals surface area contributed by atoms with E-state index in [1.54, 1.807) is 12.3 Å². The molecule has 0 N–H and O–H groups in total. The molecule has 3 heterocycles. The van der Waals surface area contributed by atoms with Crippen molar-refractivity contribution in [3.63, 3.8) is 0 Å². The number of esters is 1. The molecule has 1 aliphatic carbocycles. The van der Waals surface area contributed by atoms with Crippen LogP contribution >= 0.6 is 11.6 Å². The Morgan fingerprint density at radius 2 is 1.83 bits per heavy atom. The highest BCUT2D eigenvalue weighted by molar-refractivity contribution is 6.31. The number of fused-ring (bicyclic) bond motifs is 1. The number of halogens is 1. The Morgan fingerprint density at radius 1 is 1.11 bits per heavy atom. The van der Waals surface area contributed by atoms with Crippen LogP contribution in [-0.2, 0) is 9.53 Å². The zero-order valence-electron chi connectivity index (χ0n) is 20.3. The fraction of sp³-hybridized carbons (Fsp3) is 0.462. The van der Waals surface area contributed by atoms with Crippen molar-refractivity contribution in [1.29, 1.82) is 0 Å². The van der Waals surface area contributed by atoms with Crippen molar-refractivity contribution in [2.45, 2.75) is 44.7 Å². The van der Waals surface area contributed by atoms with E-state index >= 15 is 0 Å². The van der Waals surface area contributed by atoms with Crippen LogP contribution in [0.15, 0.2) is 36.5 Å². The standard InChI is InChI=1S/C26H30ClN5O3/c1-16(2)32-24-20(15-28-32)19(14-22(29-24)17-8-9-17)25(33)31-12-10-30(11-13-31)23(26(34)35-3)18-6-4-5-7-21(18)27/h4-7,14-17,23H,8-13H2,1-3H3. The van der Waals surface area contributed by atoms with Crippen molar-refractivity contribution >= 4 is 34.5 Å². The lowest BCUT2D eigenvalue weighted by atomic mass is 10.0. The summed E-state index contributed by atoms with van der Waals surface area (Å²) in [7, 11) is 1.38. The van der Waals surface area contributed by atoms with E-state index in [4.69, 9.17) is 21.3 Å². The minimum absolute atomic E-state index is 0.0189. The second-order valence-corrected chi connectivity index (χ2v) is 9.97. The SMILES string of the molecule is COC(=O)C(c1ccccc1Cl)N1CCN(C(=O)c2cc(C3CC3)nc3c2cnn3C(C)C)CC1. The number of rotatable bonds is 6. The molecule has 1 aliphatic heterocycles. The van der Waals surface area contributed by atoms with Crippen LogP contribution in [0.1, 0.15) is 66.3 Å². The van der Waals surface area contributed by atoms with E-state index in [2.05, 4.69) is 18.9 Å². The summed E-state index contributed by atoms with van der Waals surface area (Å²) in [5.41, 5.74) is 3.13. The lowest BCUT2D eigenvalue weighted by Gasteiger charge is -2.38. The lowest BCUT2D eigenvalue weighted by molar-refractivity contribution is -0.148. The van der Waals surface area contributed by atoms with Crippen molar-refractivity contribution < 1.29 is 14.3 Å². The molecular weight excluding hydrogens is 466 g/mol. The van der Waals surface area contributed by atoms with Gasteiger partial charge in [-0.1, -0.05) is 29.8 Å². The van der Waals surface area contributed by atoms with Gasteiger partial charge in [0.1, 0.15) is 6.04 Å². The first kappa shape index (κ1) is 23.8. The smallest absolute Gasteiger partial charge is 0.327 e. The molecule has 1 atom stereocenters. The molecule has 2 fully saturated rings. The van der Waals surface area contributed by atoms with Crippen LogP contribution in [0.3, 0.4) is 0 Å². The number of methoxy groups -OCH3 is 1. The van der Waals surface area contributed by atoms with Gasteiger partial charge in [-0.15, -0.1) is 0 Å². The van der Waals surface area contributed by atoms with Crippen molar-refractivity contribution in [2.24, 2.45) is 0 Å². The monoisotopic (exact) mass is 495 g/mol. The minimum atomic E-state index is -0.607. The molecule has 2 aliphatic rings. The molecule has 8 nitrogen and oxygen atoms in total. The molecule has 1 saturated heterocycles. The summed E-state index contributed by atoms with van der Waals surface area (Å²) in [4.78, 5) is 35.2. The van der Waals surface area contributed by atoms with E-state index in [0.717, 1.165) is 29.6 Å². The van der Waals surface area contributed by atoms with Crippen LogP contribution in [-0.4, -0.2) is 69.7 Å². The van der Waals surface area contributed by atoms with Gasteiger partial charge in [0.25, 0.3) is 5.91 Å². The Hall–Kier alpha value is -2.97. The predicted molar refractivity (Wildman–Crippen MR) is 134 cm³/mol. The van der Waals surface area contributed by atoms with Gasteiger partial charge in [0.2, 0.25) is 0 Å². The first-order chi connectivity index (χ1) is 16.9. The maximum Gasteiger partial charge on any atom is 0.327 e. The Kier molecular flexibility index (Phi) is 6.51. The second kappa shape index (κ2) is 9.59. The Labute approximate surface area is 209 Å². The maximum absolute atomic E-state index is 13.7. The van der Waals surface area contributed by atoms with Crippen molar-refractivity contribution in [3.05, 3.63) is 58.4 Å². The van der Waals surface area contributed by atoms with E-state index in [1.807, 2.05) is 38.7 Å². The molecule has 1 saturated carbocycles. The first-order valence-corrected chi connectivity index (χ1v) is 12.5. The average Bonchev–Trinajstić information content (AvgIpc) is 3.63. The fourth-order valence-electron chi connectivity index (χ4n) is 4.82. The van der Waals surface area contributed by atoms with E-state index in [-0.39, 0.29) is 17.9 Å². The van der Waals surface area contributed by atoms with E-state index in [1.165, 1.54) is 7.11 Å². The summed E-state index contributed by atoms with van der Waals surface area (Å²) in [6, 6.07) is 8.83. The summed E-state index contributed by atoms with van der Waals surface area (Å²) >= 11 is 6.41. The Bertz CT molecular complexity index is 1260. The molecule has 1 aromatic carbocycles. The van der Waals surface area contributed by atoms with Crippen LogP contribution in [0.25, 0.3) is 11.0 Å². The summed E-state index contributed by atoms with van der Waals surface area (Å²) in [5.74, 6) is 0.0493. The van der Waals surface area contributed by atoms with Gasteiger partial charge in [-0.2, -0.15) is 5.10 Å². The first-order valence-electron chi connectivity index (χ1n) is 12.1. The van der Waals surface area contributed by atoms with Gasteiger partial charge in [0.15, 0.2) is 5.65 Å². The number of carbonyl (C=O) groups is 2. The molecule has 3 aromatic rings. The maximum atomic E-state index is 13.7. The zero-order valence-corrected chi connectivity index (χ0v) is 21.0. The third-order valence-electron chi connectivity index (χ3n) is 6.89. The van der Waals surface area contributed by atoms with E-state index in [9.17, 15) is 9.59 Å². The normalized spacial score (nSPS) is 17.7. The van der Waals surface area contributed by atoms with Crippen LogP contribution in [0.5, 0.6) is 0 Å². The van der Waals surface area contributed by atoms with Gasteiger partial charge in [0.05, 0.1) is 24.3 Å². The zero-order chi connectivity index (χ0) is 24.7. The highest BCUT2D eigenvalue weighted by Gasteiger charge is 2.35. The number of aromatic nitrogens is 3. The number of benzene rings is 1. The van der Waals surface area contributed by atoms with Gasteiger partial charge in [-0.3, -0.25) is 9.69 Å². The van der Waals surface area contributed by atoms with Crippen LogP contribution < -0.4 is 0 Å². The fourth-order valence-corrected chi connectivity index (χ4v) is 5.05. The number of amides is 1. The predicted octanol–water partition coefficient (Wildman–Crippen LogP) is 4.22. The number of ether oxygens (including phenoxy) is 1. The highest BCUT2D eigenvalue weighted by Crippen LogP contribution is 2.40. The third kappa shape index (κ3) is 4.52. The number of hydrogen-bond acceptors (Lipinski definition) is 6. The number of pyridine rings is 1. The van der Waals surface area contributed by atoms with Crippen molar-refractivity contribution in [1.82, 2.24) is 24.6 Å². The lowest BCUT2D eigenvalue weighted by Crippen LogP contribution is -2.51. The molecule has 0 spiro atoms. The second-order valence-electron chi connectivity index (χ2n) is 9.56.